The highest BCUT2D eigenvalue weighted by Gasteiger charge is 2.21. The second-order valence-corrected chi connectivity index (χ2v) is 7.25. The zero-order chi connectivity index (χ0) is 15.6. The Bertz CT molecular complexity index is 784. The SMILES string of the molecule is COc1cc(Cl)ccc1S(=O)(=O)Nc1cc(Br)cnc1Cl. The Morgan fingerprint density at radius 2 is 2.00 bits per heavy atom. The minimum atomic E-state index is -3.89. The lowest BCUT2D eigenvalue weighted by Gasteiger charge is -2.12. The highest BCUT2D eigenvalue weighted by molar-refractivity contribution is 9.10. The van der Waals surface area contributed by atoms with Crippen LogP contribution in [0.5, 0.6) is 5.75 Å². The number of hydrogen-bond donors (Lipinski definition) is 1. The van der Waals surface area contributed by atoms with Gasteiger partial charge in [-0.2, -0.15) is 0 Å². The molecule has 1 N–H and O–H groups in total. The summed E-state index contributed by atoms with van der Waals surface area (Å²) in [7, 11) is -2.53. The molecule has 21 heavy (non-hydrogen) atoms. The summed E-state index contributed by atoms with van der Waals surface area (Å²) in [6.07, 6.45) is 1.46. The molecule has 112 valence electrons. The van der Waals surface area contributed by atoms with E-state index in [0.29, 0.717) is 9.50 Å². The summed E-state index contributed by atoms with van der Waals surface area (Å²) >= 11 is 14.9. The standard InChI is InChI=1S/C12H9BrCl2N2O3S/c1-20-10-5-8(14)2-3-11(10)21(18,19)17-9-4-7(13)6-16-12(9)15/h2-6,17H,1H3. The lowest BCUT2D eigenvalue weighted by Crippen LogP contribution is -2.14. The summed E-state index contributed by atoms with van der Waals surface area (Å²) in [4.78, 5) is 3.80. The fraction of sp³-hybridized carbons (Fsp3) is 0.0833. The molecule has 0 unspecified atom stereocenters. The lowest BCUT2D eigenvalue weighted by molar-refractivity contribution is 0.403. The molecular formula is C12H9BrCl2N2O3S. The summed E-state index contributed by atoms with van der Waals surface area (Å²) in [5.74, 6) is 0.133. The molecule has 2 rings (SSSR count). The van der Waals surface area contributed by atoms with Gasteiger partial charge in [0, 0.05) is 21.8 Å². The van der Waals surface area contributed by atoms with Crippen molar-refractivity contribution in [2.75, 3.05) is 11.8 Å². The first kappa shape index (κ1) is 16.4. The smallest absolute Gasteiger partial charge is 0.265 e. The molecule has 5 nitrogen and oxygen atoms in total. The zero-order valence-corrected chi connectivity index (χ0v) is 14.5. The summed E-state index contributed by atoms with van der Waals surface area (Å²) in [5, 5.41) is 0.405. The Labute approximate surface area is 140 Å². The van der Waals surface area contributed by atoms with Gasteiger partial charge in [0.05, 0.1) is 12.8 Å². The average Bonchev–Trinajstić information content (AvgIpc) is 2.42. The van der Waals surface area contributed by atoms with Crippen molar-refractivity contribution < 1.29 is 13.2 Å². The highest BCUT2D eigenvalue weighted by atomic mass is 79.9. The van der Waals surface area contributed by atoms with Gasteiger partial charge in [-0.3, -0.25) is 4.72 Å². The molecule has 1 heterocycles. The number of pyridine rings is 1. The van der Waals surface area contributed by atoms with Crippen LogP contribution < -0.4 is 9.46 Å². The second-order valence-electron chi connectivity index (χ2n) is 3.89. The monoisotopic (exact) mass is 410 g/mol. The Kier molecular flexibility index (Phi) is 4.98. The first-order valence-electron chi connectivity index (χ1n) is 5.51. The number of benzene rings is 1. The molecule has 0 amide bonds. The lowest BCUT2D eigenvalue weighted by atomic mass is 10.3. The van der Waals surface area contributed by atoms with Crippen LogP contribution in [-0.4, -0.2) is 20.5 Å². The van der Waals surface area contributed by atoms with Gasteiger partial charge in [0.2, 0.25) is 0 Å². The number of hydrogen-bond acceptors (Lipinski definition) is 4. The maximum Gasteiger partial charge on any atom is 0.265 e. The van der Waals surface area contributed by atoms with Gasteiger partial charge in [-0.25, -0.2) is 13.4 Å². The molecule has 9 heteroatoms. The van der Waals surface area contributed by atoms with Gasteiger partial charge in [-0.05, 0) is 34.1 Å². The third-order valence-electron chi connectivity index (χ3n) is 2.47. The quantitative estimate of drug-likeness (QED) is 0.773. The van der Waals surface area contributed by atoms with E-state index < -0.39 is 10.0 Å². The van der Waals surface area contributed by atoms with Crippen molar-refractivity contribution >= 4 is 54.8 Å². The number of ether oxygens (including phenoxy) is 1. The third-order valence-corrected chi connectivity index (χ3v) is 4.84. The summed E-state index contributed by atoms with van der Waals surface area (Å²) < 4.78 is 32.8. The first-order valence-corrected chi connectivity index (χ1v) is 8.54. The molecule has 0 atom stereocenters. The number of sulfonamides is 1. The Morgan fingerprint density at radius 1 is 1.29 bits per heavy atom. The van der Waals surface area contributed by atoms with Crippen molar-refractivity contribution in [1.82, 2.24) is 4.98 Å². The predicted octanol–water partition coefficient (Wildman–Crippen LogP) is 3.96. The number of nitrogens with zero attached hydrogens (tertiary/aromatic N) is 1. The number of aromatic nitrogens is 1. The van der Waals surface area contributed by atoms with Crippen molar-refractivity contribution in [3.63, 3.8) is 0 Å². The van der Waals surface area contributed by atoms with E-state index in [9.17, 15) is 8.42 Å². The van der Waals surface area contributed by atoms with Crippen LogP contribution in [0.4, 0.5) is 5.69 Å². The first-order chi connectivity index (χ1) is 9.83. The van der Waals surface area contributed by atoms with E-state index in [1.807, 2.05) is 0 Å². The van der Waals surface area contributed by atoms with E-state index in [-0.39, 0.29) is 21.5 Å². The molecule has 1 aromatic heterocycles. The van der Waals surface area contributed by atoms with Gasteiger partial charge in [-0.15, -0.1) is 0 Å². The van der Waals surface area contributed by atoms with Crippen LogP contribution in [0.15, 0.2) is 39.8 Å². The van der Waals surface area contributed by atoms with Crippen LogP contribution in [0.2, 0.25) is 10.2 Å². The summed E-state index contributed by atoms with van der Waals surface area (Å²) in [5.41, 5.74) is 0.156. The van der Waals surface area contributed by atoms with Crippen LogP contribution in [0, 0.1) is 0 Å². The molecule has 1 aromatic carbocycles. The number of halogens is 3. The van der Waals surface area contributed by atoms with Gasteiger partial charge in [0.25, 0.3) is 10.0 Å². The number of rotatable bonds is 4. The van der Waals surface area contributed by atoms with Crippen LogP contribution in [0.25, 0.3) is 0 Å². The Balaban J connectivity index is 2.46. The zero-order valence-electron chi connectivity index (χ0n) is 10.6. The molecule has 0 bridgehead atoms. The van der Waals surface area contributed by atoms with Crippen molar-refractivity contribution in [3.05, 3.63) is 45.1 Å². The maximum absolute atomic E-state index is 12.4. The summed E-state index contributed by atoms with van der Waals surface area (Å²) in [6, 6.07) is 5.73. The van der Waals surface area contributed by atoms with Crippen LogP contribution >= 0.6 is 39.1 Å². The summed E-state index contributed by atoms with van der Waals surface area (Å²) in [6.45, 7) is 0. The molecule has 0 saturated heterocycles. The van der Waals surface area contributed by atoms with E-state index in [4.69, 9.17) is 27.9 Å². The fourth-order valence-corrected chi connectivity index (χ4v) is 3.47. The van der Waals surface area contributed by atoms with Gasteiger partial charge in [-0.1, -0.05) is 23.2 Å². The largest absolute Gasteiger partial charge is 0.495 e. The Hall–Kier alpha value is -1.02. The molecule has 0 aliphatic carbocycles. The molecule has 0 radical (unpaired) electrons. The van der Waals surface area contributed by atoms with E-state index in [0.717, 1.165) is 0 Å². The van der Waals surface area contributed by atoms with Gasteiger partial charge in [0.1, 0.15) is 10.6 Å². The topological polar surface area (TPSA) is 68.3 Å². The second kappa shape index (κ2) is 6.39. The van der Waals surface area contributed by atoms with Crippen molar-refractivity contribution in [2.24, 2.45) is 0 Å². The van der Waals surface area contributed by atoms with Crippen molar-refractivity contribution in [1.29, 1.82) is 0 Å². The minimum Gasteiger partial charge on any atom is -0.495 e. The highest BCUT2D eigenvalue weighted by Crippen LogP contribution is 2.31. The van der Waals surface area contributed by atoms with Crippen molar-refractivity contribution in [2.45, 2.75) is 4.90 Å². The van der Waals surface area contributed by atoms with Crippen LogP contribution in [-0.2, 0) is 10.0 Å². The molecule has 0 aliphatic heterocycles. The number of anilines is 1. The van der Waals surface area contributed by atoms with Crippen LogP contribution in [0.1, 0.15) is 0 Å². The number of nitrogens with one attached hydrogen (secondary N) is 1. The van der Waals surface area contributed by atoms with Crippen molar-refractivity contribution in [3.8, 4) is 5.75 Å². The van der Waals surface area contributed by atoms with Crippen LogP contribution in [0.3, 0.4) is 0 Å². The molecule has 0 fully saturated rings. The van der Waals surface area contributed by atoms with E-state index in [1.54, 1.807) is 0 Å². The van der Waals surface area contributed by atoms with Gasteiger partial charge >= 0.3 is 0 Å². The molecule has 0 spiro atoms. The van der Waals surface area contributed by atoms with E-state index in [2.05, 4.69) is 25.6 Å². The van der Waals surface area contributed by atoms with Gasteiger partial charge < -0.3 is 4.74 Å². The fourth-order valence-electron chi connectivity index (χ4n) is 1.56. The molecule has 0 aliphatic rings. The Morgan fingerprint density at radius 3 is 2.67 bits per heavy atom. The molecule has 0 saturated carbocycles. The third kappa shape index (κ3) is 3.79. The maximum atomic E-state index is 12.4. The van der Waals surface area contributed by atoms with E-state index in [1.165, 1.54) is 37.6 Å². The van der Waals surface area contributed by atoms with E-state index >= 15 is 0 Å². The molecule has 2 aromatic rings. The number of methoxy groups -OCH3 is 1. The predicted molar refractivity (Wildman–Crippen MR) is 85.8 cm³/mol. The molecular weight excluding hydrogens is 403 g/mol. The normalized spacial score (nSPS) is 11.2. The minimum absolute atomic E-state index is 0.0368. The van der Waals surface area contributed by atoms with Gasteiger partial charge in [0.15, 0.2) is 5.15 Å². The average molecular weight is 412 g/mol.